The molecule has 0 rings (SSSR count). The van der Waals surface area contributed by atoms with Crippen molar-refractivity contribution >= 4 is 13.8 Å². The van der Waals surface area contributed by atoms with Gasteiger partial charge in [-0.25, -0.2) is 9.36 Å². The molecule has 192 valence electrons. The van der Waals surface area contributed by atoms with Gasteiger partial charge in [-0.05, 0) is 25.7 Å². The zero-order valence-corrected chi connectivity index (χ0v) is 20.5. The number of rotatable bonds is 20. The minimum absolute atomic E-state index is 0.0458. The number of aliphatic hydroxyl groups excluding tert-OH is 2. The van der Waals surface area contributed by atoms with E-state index in [1.807, 2.05) is 20.8 Å². The Morgan fingerprint density at radius 1 is 0.906 bits per heavy atom. The van der Waals surface area contributed by atoms with Crippen LogP contribution in [-0.4, -0.2) is 72.8 Å². The van der Waals surface area contributed by atoms with Crippen LogP contribution in [0.4, 0.5) is 0 Å². The molecule has 0 saturated heterocycles. The number of carbonyl (C=O) groups is 1. The van der Waals surface area contributed by atoms with Crippen molar-refractivity contribution in [1.29, 1.82) is 0 Å². The molecular formula is C21H43O10P. The molecule has 0 aromatic rings. The summed E-state index contributed by atoms with van der Waals surface area (Å²) in [4.78, 5) is 30.4. The third-order valence-corrected chi connectivity index (χ3v) is 6.19. The first-order valence-corrected chi connectivity index (χ1v) is 13.1. The van der Waals surface area contributed by atoms with E-state index in [0.717, 1.165) is 25.7 Å². The molecule has 32 heavy (non-hydrogen) atoms. The molecule has 4 atom stereocenters. The second-order valence-corrected chi connectivity index (χ2v) is 9.56. The lowest BCUT2D eigenvalue weighted by molar-refractivity contribution is -0.253. The molecule has 0 aliphatic heterocycles. The van der Waals surface area contributed by atoms with Crippen LogP contribution in [-0.2, 0) is 18.6 Å². The van der Waals surface area contributed by atoms with E-state index in [-0.39, 0.29) is 19.4 Å². The lowest BCUT2D eigenvalue weighted by Gasteiger charge is -2.48. The van der Waals surface area contributed by atoms with Crippen LogP contribution in [0.2, 0.25) is 0 Å². The summed E-state index contributed by atoms with van der Waals surface area (Å²) < 4.78 is 21.1. The van der Waals surface area contributed by atoms with Crippen LogP contribution in [0.1, 0.15) is 91.4 Å². The first-order valence-electron chi connectivity index (χ1n) is 11.6. The molecule has 0 bridgehead atoms. The summed E-state index contributed by atoms with van der Waals surface area (Å²) in [6, 6.07) is 0. The summed E-state index contributed by atoms with van der Waals surface area (Å²) in [5, 5.41) is 43.2. The lowest BCUT2D eigenvalue weighted by atomic mass is 9.70. The number of unbranched alkanes of at least 4 members (excludes halogenated alkanes) is 6. The van der Waals surface area contributed by atoms with Crippen LogP contribution in [0.15, 0.2) is 0 Å². The molecule has 0 aromatic carbocycles. The van der Waals surface area contributed by atoms with E-state index >= 15 is 0 Å². The summed E-state index contributed by atoms with van der Waals surface area (Å²) in [5.41, 5.74) is -4.61. The van der Waals surface area contributed by atoms with Gasteiger partial charge in [0.2, 0.25) is 0 Å². The molecule has 3 unspecified atom stereocenters. The van der Waals surface area contributed by atoms with Gasteiger partial charge < -0.3 is 34.9 Å². The smallest absolute Gasteiger partial charge is 0.469 e. The van der Waals surface area contributed by atoms with Crippen LogP contribution < -0.4 is 0 Å². The van der Waals surface area contributed by atoms with E-state index in [9.17, 15) is 29.8 Å². The van der Waals surface area contributed by atoms with Crippen LogP contribution in [0.25, 0.3) is 0 Å². The molecule has 0 aliphatic carbocycles. The number of carboxylic acids is 1. The summed E-state index contributed by atoms with van der Waals surface area (Å²) in [7, 11) is -4.94. The maximum Gasteiger partial charge on any atom is 0.469 e. The summed E-state index contributed by atoms with van der Waals surface area (Å²) in [5.74, 6) is -1.45. The Morgan fingerprint density at radius 2 is 1.41 bits per heavy atom. The van der Waals surface area contributed by atoms with Crippen LogP contribution in [0.5, 0.6) is 0 Å². The predicted octanol–water partition coefficient (Wildman–Crippen LogP) is 2.74. The van der Waals surface area contributed by atoms with Gasteiger partial charge in [0.15, 0.2) is 5.60 Å². The van der Waals surface area contributed by atoms with Gasteiger partial charge in [0.25, 0.3) is 0 Å². The van der Waals surface area contributed by atoms with Gasteiger partial charge in [-0.15, -0.1) is 0 Å². The largest absolute Gasteiger partial charge is 0.479 e. The topological polar surface area (TPSA) is 174 Å². The van der Waals surface area contributed by atoms with E-state index in [4.69, 9.17) is 14.5 Å². The highest BCUT2D eigenvalue weighted by Gasteiger charge is 2.61. The van der Waals surface area contributed by atoms with Crippen molar-refractivity contribution in [1.82, 2.24) is 0 Å². The van der Waals surface area contributed by atoms with Gasteiger partial charge >= 0.3 is 13.8 Å². The fourth-order valence-electron chi connectivity index (χ4n) is 3.81. The molecule has 0 amide bonds. The number of aliphatic carboxylic acids is 1. The Hall–Kier alpha value is -0.580. The quantitative estimate of drug-likeness (QED) is 0.111. The second-order valence-electron chi connectivity index (χ2n) is 8.32. The maximum atomic E-state index is 12.6. The van der Waals surface area contributed by atoms with E-state index in [2.05, 4.69) is 4.52 Å². The first kappa shape index (κ1) is 31.4. The number of hydrogen-bond acceptors (Lipinski definition) is 7. The number of phosphoric acid groups is 1. The van der Waals surface area contributed by atoms with Gasteiger partial charge in [-0.2, -0.15) is 0 Å². The Kier molecular flexibility index (Phi) is 15.1. The van der Waals surface area contributed by atoms with Crippen molar-refractivity contribution < 1.29 is 48.8 Å². The molecular weight excluding hydrogens is 443 g/mol. The van der Waals surface area contributed by atoms with E-state index in [1.165, 1.54) is 0 Å². The minimum atomic E-state index is -4.94. The number of hydrogen-bond donors (Lipinski definition) is 6. The summed E-state index contributed by atoms with van der Waals surface area (Å²) in [6.45, 7) is 4.90. The lowest BCUT2D eigenvalue weighted by Crippen LogP contribution is -2.69. The van der Waals surface area contributed by atoms with Crippen LogP contribution >= 0.6 is 7.82 Å². The van der Waals surface area contributed by atoms with Gasteiger partial charge in [0, 0.05) is 6.61 Å². The summed E-state index contributed by atoms with van der Waals surface area (Å²) in [6.07, 6.45) is 1.59. The monoisotopic (exact) mass is 486 g/mol. The zero-order valence-electron chi connectivity index (χ0n) is 19.6. The number of ether oxygens (including phenoxy) is 1. The standard InChI is InChI=1S/C21H43O10P/c1-4-7-10-13-20(26,18(23)17(22)16-31-32(27,28)29)21(19(24)25,14-11-8-5-2)30-15-12-9-6-3/h17-18,22-23,26H,4-16H2,1-3H3,(H,24,25)(H2,27,28,29)/t17?,18?,20?,21-/m0/s1. The Labute approximate surface area is 191 Å². The fourth-order valence-corrected chi connectivity index (χ4v) is 4.15. The Morgan fingerprint density at radius 3 is 1.88 bits per heavy atom. The van der Waals surface area contributed by atoms with E-state index < -0.39 is 43.8 Å². The van der Waals surface area contributed by atoms with Crippen LogP contribution in [0, 0.1) is 0 Å². The SMILES string of the molecule is CCCCCO[C@@](CCCCC)(C(=O)O)C(O)(CCCCC)C(O)C(O)COP(=O)(O)O. The van der Waals surface area contributed by atoms with Crippen LogP contribution in [0.3, 0.4) is 0 Å². The number of carboxylic acid groups (broad SMARTS) is 1. The fraction of sp³-hybridized carbons (Fsp3) is 0.952. The van der Waals surface area contributed by atoms with E-state index in [0.29, 0.717) is 32.1 Å². The molecule has 0 aromatic heterocycles. The molecule has 0 spiro atoms. The van der Waals surface area contributed by atoms with Crippen molar-refractivity contribution in [2.24, 2.45) is 0 Å². The van der Waals surface area contributed by atoms with Crippen molar-refractivity contribution in [3.05, 3.63) is 0 Å². The Balaban J connectivity index is 6.15. The molecule has 0 saturated carbocycles. The molecule has 0 fully saturated rings. The zero-order chi connectivity index (χ0) is 24.8. The normalized spacial score (nSPS) is 18.0. The minimum Gasteiger partial charge on any atom is -0.479 e. The second kappa shape index (κ2) is 15.3. The van der Waals surface area contributed by atoms with E-state index in [1.54, 1.807) is 0 Å². The van der Waals surface area contributed by atoms with Gasteiger partial charge in [0.05, 0.1) is 6.61 Å². The molecule has 6 N–H and O–H groups in total. The third kappa shape index (κ3) is 9.73. The van der Waals surface area contributed by atoms with Crippen molar-refractivity contribution in [3.8, 4) is 0 Å². The molecule has 0 heterocycles. The number of aliphatic hydroxyl groups is 3. The van der Waals surface area contributed by atoms with Crippen molar-refractivity contribution in [2.75, 3.05) is 13.2 Å². The first-order chi connectivity index (χ1) is 14.9. The molecule has 10 nitrogen and oxygen atoms in total. The molecule has 11 heteroatoms. The highest BCUT2D eigenvalue weighted by Crippen LogP contribution is 2.42. The van der Waals surface area contributed by atoms with Crippen molar-refractivity contribution in [2.45, 2.75) is 115 Å². The molecule has 0 aliphatic rings. The van der Waals surface area contributed by atoms with Gasteiger partial charge in [-0.1, -0.05) is 65.7 Å². The third-order valence-electron chi connectivity index (χ3n) is 5.70. The highest BCUT2D eigenvalue weighted by molar-refractivity contribution is 7.46. The maximum absolute atomic E-state index is 12.6. The average molecular weight is 487 g/mol. The molecule has 0 radical (unpaired) electrons. The Bertz CT molecular complexity index is 569. The summed E-state index contributed by atoms with van der Waals surface area (Å²) >= 11 is 0. The number of phosphoric ester groups is 1. The predicted molar refractivity (Wildman–Crippen MR) is 119 cm³/mol. The highest BCUT2D eigenvalue weighted by atomic mass is 31.2. The average Bonchev–Trinajstić information content (AvgIpc) is 2.72. The van der Waals surface area contributed by atoms with Crippen molar-refractivity contribution in [3.63, 3.8) is 0 Å². The van der Waals surface area contributed by atoms with Gasteiger partial charge in [0.1, 0.15) is 17.8 Å². The van der Waals surface area contributed by atoms with Gasteiger partial charge in [-0.3, -0.25) is 4.52 Å².